The van der Waals surface area contributed by atoms with Gasteiger partial charge in [-0.05, 0) is 18.2 Å². The molecule has 0 saturated heterocycles. The number of amides is 1. The third kappa shape index (κ3) is 3.74. The van der Waals surface area contributed by atoms with Crippen LogP contribution >= 0.6 is 11.8 Å². The highest BCUT2D eigenvalue weighted by molar-refractivity contribution is 7.99. The van der Waals surface area contributed by atoms with Gasteiger partial charge in [0.15, 0.2) is 0 Å². The fourth-order valence-electron chi connectivity index (χ4n) is 1.94. The van der Waals surface area contributed by atoms with Crippen LogP contribution in [0.4, 0.5) is 14.5 Å². The lowest BCUT2D eigenvalue weighted by atomic mass is 10.2. The molecule has 0 saturated carbocycles. The summed E-state index contributed by atoms with van der Waals surface area (Å²) in [5.74, 6) is -2.75. The molecule has 0 fully saturated rings. The number of halogens is 2. The lowest BCUT2D eigenvalue weighted by Gasteiger charge is -2.09. The van der Waals surface area contributed by atoms with Gasteiger partial charge in [0.25, 0.3) is 17.6 Å². The van der Waals surface area contributed by atoms with Gasteiger partial charge >= 0.3 is 0 Å². The number of benzene rings is 1. The summed E-state index contributed by atoms with van der Waals surface area (Å²) in [7, 11) is 0. The lowest BCUT2D eigenvalue weighted by Crippen LogP contribution is -2.14. The number of hydrogen-bond donors (Lipinski definition) is 1. The summed E-state index contributed by atoms with van der Waals surface area (Å²) < 4.78 is 26.6. The second-order valence-corrected chi connectivity index (χ2v) is 5.58. The Bertz CT molecular complexity index is 824. The van der Waals surface area contributed by atoms with Crippen LogP contribution in [-0.2, 0) is 0 Å². The van der Waals surface area contributed by atoms with Gasteiger partial charge in [0.1, 0.15) is 0 Å². The molecule has 24 heavy (non-hydrogen) atoms. The van der Waals surface area contributed by atoms with E-state index in [1.165, 1.54) is 29.2 Å². The number of hydrogen-bond acceptors (Lipinski definition) is 5. The number of rotatable bonds is 5. The van der Waals surface area contributed by atoms with Gasteiger partial charge in [-0.1, -0.05) is 23.9 Å². The molecule has 0 unspecified atom stereocenters. The Morgan fingerprint density at radius 3 is 2.58 bits per heavy atom. The van der Waals surface area contributed by atoms with E-state index in [9.17, 15) is 13.6 Å². The van der Waals surface area contributed by atoms with Crippen molar-refractivity contribution in [2.24, 2.45) is 0 Å². The van der Waals surface area contributed by atoms with Crippen molar-refractivity contribution in [1.29, 1.82) is 0 Å². The summed E-state index contributed by atoms with van der Waals surface area (Å²) >= 11 is 0.328. The third-order valence-electron chi connectivity index (χ3n) is 2.95. The molecule has 3 aromatic rings. The number of alkyl halides is 2. The topological polar surface area (TPSA) is 72.7 Å². The van der Waals surface area contributed by atoms with E-state index in [2.05, 4.69) is 20.4 Å². The minimum atomic E-state index is -2.60. The number of carbonyl (C=O) groups excluding carboxylic acids is 1. The zero-order valence-electron chi connectivity index (χ0n) is 12.1. The fourth-order valence-corrected chi connectivity index (χ4v) is 2.58. The van der Waals surface area contributed by atoms with Gasteiger partial charge in [-0.25, -0.2) is 14.6 Å². The molecule has 1 aromatic carbocycles. The lowest BCUT2D eigenvalue weighted by molar-refractivity contribution is 0.102. The van der Waals surface area contributed by atoms with Crippen LogP contribution in [0.2, 0.25) is 0 Å². The average Bonchev–Trinajstić information content (AvgIpc) is 3.10. The molecule has 2 heterocycles. The highest BCUT2D eigenvalue weighted by Crippen LogP contribution is 2.28. The molecule has 122 valence electrons. The molecule has 0 atom stereocenters. The van der Waals surface area contributed by atoms with Crippen LogP contribution < -0.4 is 5.32 Å². The Balaban J connectivity index is 1.75. The molecule has 0 aliphatic heterocycles. The van der Waals surface area contributed by atoms with E-state index >= 15 is 0 Å². The molecule has 0 spiro atoms. The molecule has 9 heteroatoms. The number of thioether (sulfide) groups is 1. The normalized spacial score (nSPS) is 10.8. The first-order valence-corrected chi connectivity index (χ1v) is 7.69. The molecule has 3 rings (SSSR count). The molecule has 1 amide bonds. The number of anilines is 1. The van der Waals surface area contributed by atoms with Crippen LogP contribution in [0, 0.1) is 0 Å². The van der Waals surface area contributed by atoms with Crippen molar-refractivity contribution >= 4 is 23.4 Å². The molecule has 0 bridgehead atoms. The van der Waals surface area contributed by atoms with E-state index in [4.69, 9.17) is 0 Å². The minimum absolute atomic E-state index is 0.166. The molecule has 6 nitrogen and oxygen atoms in total. The van der Waals surface area contributed by atoms with Crippen molar-refractivity contribution in [3.8, 4) is 5.95 Å². The van der Waals surface area contributed by atoms with Gasteiger partial charge in [0.05, 0.1) is 23.6 Å². The maximum absolute atomic E-state index is 12.6. The number of aromatic nitrogens is 4. The van der Waals surface area contributed by atoms with E-state index in [-0.39, 0.29) is 10.5 Å². The van der Waals surface area contributed by atoms with E-state index in [1.807, 2.05) is 0 Å². The first-order valence-electron chi connectivity index (χ1n) is 6.81. The monoisotopic (exact) mass is 347 g/mol. The van der Waals surface area contributed by atoms with Crippen molar-refractivity contribution in [1.82, 2.24) is 19.7 Å². The van der Waals surface area contributed by atoms with Crippen molar-refractivity contribution in [2.75, 3.05) is 5.32 Å². The molecule has 0 aliphatic carbocycles. The van der Waals surface area contributed by atoms with E-state index in [0.29, 0.717) is 23.4 Å². The Labute approximate surface area is 139 Å². The summed E-state index contributed by atoms with van der Waals surface area (Å²) in [6, 6.07) is 7.91. The van der Waals surface area contributed by atoms with E-state index in [1.54, 1.807) is 30.6 Å². The van der Waals surface area contributed by atoms with Crippen LogP contribution in [0.3, 0.4) is 0 Å². The molecule has 0 aliphatic rings. The number of carbonyl (C=O) groups is 1. The number of nitrogens with zero attached hydrogens (tertiary/aromatic N) is 4. The van der Waals surface area contributed by atoms with Gasteiger partial charge in [0.2, 0.25) is 0 Å². The van der Waals surface area contributed by atoms with Crippen molar-refractivity contribution < 1.29 is 13.6 Å². The molecular weight excluding hydrogens is 336 g/mol. The predicted molar refractivity (Wildman–Crippen MR) is 85.4 cm³/mol. The van der Waals surface area contributed by atoms with Crippen molar-refractivity contribution in [3.05, 3.63) is 60.7 Å². The maximum atomic E-state index is 12.6. The Kier molecular flexibility index (Phi) is 4.80. The van der Waals surface area contributed by atoms with Gasteiger partial charge < -0.3 is 5.32 Å². The van der Waals surface area contributed by atoms with Crippen molar-refractivity contribution in [3.63, 3.8) is 0 Å². The molecular formula is C15H11F2N5OS. The smallest absolute Gasteiger partial charge is 0.288 e. The standard InChI is InChI=1S/C15H11F2N5OS/c16-14(17)24-12-5-2-1-4-11(12)13(23)21-10-8-18-15(19-9-10)22-7-3-6-20-22/h1-9,14H,(H,21,23). The quantitative estimate of drug-likeness (QED) is 0.718. The number of nitrogens with one attached hydrogen (secondary N) is 1. The highest BCUT2D eigenvalue weighted by atomic mass is 32.2. The molecule has 2 aromatic heterocycles. The predicted octanol–water partition coefficient (Wildman–Crippen LogP) is 3.23. The first-order chi connectivity index (χ1) is 11.6. The largest absolute Gasteiger partial charge is 0.319 e. The Morgan fingerprint density at radius 2 is 1.92 bits per heavy atom. The zero-order valence-corrected chi connectivity index (χ0v) is 13.0. The maximum Gasteiger partial charge on any atom is 0.288 e. The summed E-state index contributed by atoms with van der Waals surface area (Å²) in [5, 5.41) is 6.59. The summed E-state index contributed by atoms with van der Waals surface area (Å²) in [4.78, 5) is 20.7. The van der Waals surface area contributed by atoms with E-state index in [0.717, 1.165) is 0 Å². The van der Waals surface area contributed by atoms with Gasteiger partial charge in [0, 0.05) is 17.3 Å². The highest BCUT2D eigenvalue weighted by Gasteiger charge is 2.15. The second-order valence-electron chi connectivity index (χ2n) is 4.55. The van der Waals surface area contributed by atoms with Crippen LogP contribution in [0.25, 0.3) is 5.95 Å². The second kappa shape index (κ2) is 7.18. The fraction of sp³-hybridized carbons (Fsp3) is 0.0667. The Morgan fingerprint density at radius 1 is 1.17 bits per heavy atom. The zero-order chi connectivity index (χ0) is 16.9. The van der Waals surface area contributed by atoms with Gasteiger partial charge in [-0.15, -0.1) is 0 Å². The van der Waals surface area contributed by atoms with Crippen LogP contribution in [0.5, 0.6) is 0 Å². The third-order valence-corrected chi connectivity index (χ3v) is 3.74. The molecule has 1 N–H and O–H groups in total. The van der Waals surface area contributed by atoms with Crippen LogP contribution in [0.15, 0.2) is 60.0 Å². The van der Waals surface area contributed by atoms with Gasteiger partial charge in [-0.2, -0.15) is 13.9 Å². The van der Waals surface area contributed by atoms with Crippen LogP contribution in [-0.4, -0.2) is 31.4 Å². The van der Waals surface area contributed by atoms with Crippen molar-refractivity contribution in [2.45, 2.75) is 10.7 Å². The Hall–Kier alpha value is -2.81. The summed E-state index contributed by atoms with van der Waals surface area (Å²) in [6.07, 6.45) is 6.12. The first kappa shape index (κ1) is 16.1. The molecule has 0 radical (unpaired) electrons. The average molecular weight is 347 g/mol. The van der Waals surface area contributed by atoms with Gasteiger partial charge in [-0.3, -0.25) is 4.79 Å². The summed E-state index contributed by atoms with van der Waals surface area (Å²) in [5.41, 5.74) is 0.520. The van der Waals surface area contributed by atoms with Crippen LogP contribution in [0.1, 0.15) is 10.4 Å². The van der Waals surface area contributed by atoms with E-state index < -0.39 is 11.7 Å². The summed E-state index contributed by atoms with van der Waals surface area (Å²) in [6.45, 7) is 0. The SMILES string of the molecule is O=C(Nc1cnc(-n2cccn2)nc1)c1ccccc1SC(F)F. The minimum Gasteiger partial charge on any atom is -0.319 e.